The highest BCUT2D eigenvalue weighted by atomic mass is 35.5. The summed E-state index contributed by atoms with van der Waals surface area (Å²) in [6.45, 7) is 12.8. The van der Waals surface area contributed by atoms with Crippen molar-refractivity contribution in [3.63, 3.8) is 0 Å². The Morgan fingerprint density at radius 2 is 1.86 bits per heavy atom. The number of hydrogen-bond donors (Lipinski definition) is 1. The van der Waals surface area contributed by atoms with Gasteiger partial charge in [-0.05, 0) is 68.3 Å². The number of aromatic nitrogens is 3. The molecule has 2 aromatic carbocycles. The van der Waals surface area contributed by atoms with Crippen LogP contribution in [0, 0.1) is 6.57 Å². The van der Waals surface area contributed by atoms with E-state index in [1.54, 1.807) is 12.4 Å². The lowest BCUT2D eigenvalue weighted by Crippen LogP contribution is -2.29. The Balaban J connectivity index is 1.35. The molecule has 1 aliphatic heterocycles. The maximum atomic E-state index is 7.70. The van der Waals surface area contributed by atoms with Crippen LogP contribution in [0.25, 0.3) is 27.9 Å². The molecule has 5 rings (SSSR count). The molecule has 4 aromatic rings. The van der Waals surface area contributed by atoms with Gasteiger partial charge in [0, 0.05) is 29.9 Å². The first kappa shape index (κ1) is 25.3. The Labute approximate surface area is 226 Å². The van der Waals surface area contributed by atoms with Crippen LogP contribution in [-0.4, -0.2) is 33.2 Å². The van der Waals surface area contributed by atoms with Gasteiger partial charge >= 0.3 is 0 Å². The third kappa shape index (κ3) is 5.80. The van der Waals surface area contributed by atoms with Gasteiger partial charge in [-0.25, -0.2) is 4.85 Å². The van der Waals surface area contributed by atoms with Crippen LogP contribution in [0.4, 0.5) is 5.69 Å². The summed E-state index contributed by atoms with van der Waals surface area (Å²) in [5, 5.41) is 9.37. The molecule has 1 fully saturated rings. The molecule has 0 saturated carbocycles. The Bertz CT molecular complexity index is 1460. The van der Waals surface area contributed by atoms with Crippen LogP contribution in [0.15, 0.2) is 48.8 Å². The fraction of sp³-hybridized carbons (Fsp3) is 0.276. The molecule has 0 bridgehead atoms. The van der Waals surface area contributed by atoms with Gasteiger partial charge in [0.2, 0.25) is 0 Å². The highest BCUT2D eigenvalue weighted by molar-refractivity contribution is 6.35. The van der Waals surface area contributed by atoms with Crippen LogP contribution in [0.1, 0.15) is 54.7 Å². The first-order valence-electron chi connectivity index (χ1n) is 12.4. The van der Waals surface area contributed by atoms with Crippen molar-refractivity contribution in [3.05, 3.63) is 92.6 Å². The van der Waals surface area contributed by atoms with Gasteiger partial charge in [0.15, 0.2) is 5.69 Å². The predicted molar refractivity (Wildman–Crippen MR) is 150 cm³/mol. The molecule has 37 heavy (non-hydrogen) atoms. The van der Waals surface area contributed by atoms with Gasteiger partial charge in [0.25, 0.3) is 0 Å². The van der Waals surface area contributed by atoms with Crippen molar-refractivity contribution in [2.75, 3.05) is 13.1 Å². The van der Waals surface area contributed by atoms with E-state index in [-0.39, 0.29) is 6.10 Å². The lowest BCUT2D eigenvalue weighted by Gasteiger charge is -2.26. The summed E-state index contributed by atoms with van der Waals surface area (Å²) in [4.78, 5) is 10.3. The van der Waals surface area contributed by atoms with E-state index in [0.29, 0.717) is 27.0 Å². The van der Waals surface area contributed by atoms with Crippen molar-refractivity contribution in [1.82, 2.24) is 20.1 Å². The number of likely N-dealkylation sites (tertiary alicyclic amines) is 1. The van der Waals surface area contributed by atoms with Crippen molar-refractivity contribution in [1.29, 1.82) is 0 Å². The number of halogens is 2. The second-order valence-electron chi connectivity index (χ2n) is 9.27. The number of ether oxygens (including phenoxy) is 1. The molecule has 188 valence electrons. The van der Waals surface area contributed by atoms with Gasteiger partial charge in [0.05, 0.1) is 27.8 Å². The van der Waals surface area contributed by atoms with E-state index in [1.165, 1.54) is 24.8 Å². The number of rotatable bonds is 7. The number of benzene rings is 2. The van der Waals surface area contributed by atoms with E-state index in [1.807, 2.05) is 49.4 Å². The predicted octanol–water partition coefficient (Wildman–Crippen LogP) is 8.11. The van der Waals surface area contributed by atoms with E-state index >= 15 is 0 Å². The molecule has 0 aliphatic carbocycles. The van der Waals surface area contributed by atoms with Gasteiger partial charge in [-0.15, -0.1) is 0 Å². The number of nitrogens with one attached hydrogen (secondary N) is 1. The Morgan fingerprint density at radius 1 is 1.08 bits per heavy atom. The van der Waals surface area contributed by atoms with Crippen LogP contribution >= 0.6 is 23.2 Å². The fourth-order valence-corrected chi connectivity index (χ4v) is 5.43. The fourth-order valence-electron chi connectivity index (χ4n) is 4.76. The number of piperidine rings is 1. The largest absolute Gasteiger partial charge is 0.486 e. The summed E-state index contributed by atoms with van der Waals surface area (Å²) in [5.74, 6) is 0.670. The Hall–Kier alpha value is -3.37. The molecular weight excluding hydrogens is 505 g/mol. The van der Waals surface area contributed by atoms with Crippen molar-refractivity contribution in [2.45, 2.75) is 38.8 Å². The Kier molecular flexibility index (Phi) is 7.76. The molecule has 0 amide bonds. The normalized spacial score (nSPS) is 15.2. The van der Waals surface area contributed by atoms with E-state index in [4.69, 9.17) is 34.5 Å². The molecule has 3 heterocycles. The highest BCUT2D eigenvalue weighted by Crippen LogP contribution is 2.34. The van der Waals surface area contributed by atoms with Crippen molar-refractivity contribution >= 4 is 51.9 Å². The minimum absolute atomic E-state index is 0.365. The molecule has 1 saturated heterocycles. The summed E-state index contributed by atoms with van der Waals surface area (Å²) < 4.78 is 6.16. The zero-order chi connectivity index (χ0) is 25.8. The van der Waals surface area contributed by atoms with Crippen LogP contribution in [0.2, 0.25) is 10.0 Å². The maximum Gasteiger partial charge on any atom is 0.194 e. The standard InChI is InChI=1S/C29H27Cl2N5O/c1-19(29-24(30)16-33-17-25(29)31)37-22-9-11-27-23(15-22)26(34-35-27)10-8-21-7-6-20(14-28(21)32-2)18-36-12-4-3-5-13-36/h6-11,14-17,19H,3-5,12-13,18H2,1H3,(H,34,35)/b10-8+. The third-order valence-electron chi connectivity index (χ3n) is 6.66. The van der Waals surface area contributed by atoms with Gasteiger partial charge < -0.3 is 4.74 Å². The quantitative estimate of drug-likeness (QED) is 0.244. The summed E-state index contributed by atoms with van der Waals surface area (Å²) in [5.41, 5.74) is 5.05. The number of nitrogens with zero attached hydrogens (tertiary/aromatic N) is 4. The molecule has 1 N–H and O–H groups in total. The summed E-state index contributed by atoms with van der Waals surface area (Å²) in [6.07, 6.45) is 10.4. The van der Waals surface area contributed by atoms with E-state index in [0.717, 1.165) is 41.8 Å². The average Bonchev–Trinajstić information content (AvgIpc) is 3.30. The lowest BCUT2D eigenvalue weighted by atomic mass is 10.1. The third-order valence-corrected chi connectivity index (χ3v) is 7.27. The molecule has 8 heteroatoms. The molecule has 1 atom stereocenters. The smallest absolute Gasteiger partial charge is 0.194 e. The molecule has 0 radical (unpaired) electrons. The van der Waals surface area contributed by atoms with E-state index in [2.05, 4.69) is 31.0 Å². The van der Waals surface area contributed by atoms with E-state index < -0.39 is 0 Å². The summed E-state index contributed by atoms with van der Waals surface area (Å²) >= 11 is 12.6. The van der Waals surface area contributed by atoms with Crippen molar-refractivity contribution < 1.29 is 4.74 Å². The van der Waals surface area contributed by atoms with Crippen molar-refractivity contribution in [3.8, 4) is 5.75 Å². The number of pyridine rings is 1. The highest BCUT2D eigenvalue weighted by Gasteiger charge is 2.17. The second kappa shape index (κ2) is 11.4. The van der Waals surface area contributed by atoms with Gasteiger partial charge in [-0.3, -0.25) is 15.0 Å². The molecule has 6 nitrogen and oxygen atoms in total. The number of aromatic amines is 1. The van der Waals surface area contributed by atoms with Gasteiger partial charge in [-0.1, -0.05) is 53.9 Å². The number of fused-ring (bicyclic) bond motifs is 1. The Morgan fingerprint density at radius 3 is 2.62 bits per heavy atom. The van der Waals surface area contributed by atoms with Gasteiger partial charge in [0.1, 0.15) is 11.9 Å². The maximum absolute atomic E-state index is 7.70. The topological polar surface area (TPSA) is 58.4 Å². The summed E-state index contributed by atoms with van der Waals surface area (Å²) in [6, 6.07) is 11.9. The molecular formula is C29H27Cl2N5O. The molecule has 2 aromatic heterocycles. The minimum atomic E-state index is -0.365. The monoisotopic (exact) mass is 531 g/mol. The molecule has 1 unspecified atom stereocenters. The SMILES string of the molecule is [C-]#[N+]c1cc(CN2CCCCC2)ccc1/C=C/c1n[nH]c2ccc(OC(C)c3c(Cl)cncc3Cl)cc12. The van der Waals surface area contributed by atoms with Crippen LogP contribution in [0.3, 0.4) is 0 Å². The second-order valence-corrected chi connectivity index (χ2v) is 10.1. The molecule has 0 spiro atoms. The van der Waals surface area contributed by atoms with Crippen molar-refractivity contribution in [2.24, 2.45) is 0 Å². The summed E-state index contributed by atoms with van der Waals surface area (Å²) in [7, 11) is 0. The van der Waals surface area contributed by atoms with Crippen LogP contribution < -0.4 is 4.74 Å². The van der Waals surface area contributed by atoms with Crippen LogP contribution in [0.5, 0.6) is 5.75 Å². The number of H-pyrrole nitrogens is 1. The van der Waals surface area contributed by atoms with Crippen LogP contribution in [-0.2, 0) is 6.54 Å². The lowest BCUT2D eigenvalue weighted by molar-refractivity contribution is 0.221. The first-order valence-corrected chi connectivity index (χ1v) is 13.1. The zero-order valence-corrected chi connectivity index (χ0v) is 22.1. The minimum Gasteiger partial charge on any atom is -0.486 e. The van der Waals surface area contributed by atoms with E-state index in [9.17, 15) is 0 Å². The number of hydrogen-bond acceptors (Lipinski definition) is 4. The average molecular weight is 532 g/mol. The van der Waals surface area contributed by atoms with Gasteiger partial charge in [-0.2, -0.15) is 5.10 Å². The first-order chi connectivity index (χ1) is 18.0. The molecule has 1 aliphatic rings. The zero-order valence-electron chi connectivity index (χ0n) is 20.5.